The monoisotopic (exact) mass is 303 g/mol. The average Bonchev–Trinajstić information content (AvgIpc) is 2.90. The first kappa shape index (κ1) is 16.0. The third-order valence-electron chi connectivity index (χ3n) is 3.16. The fourth-order valence-electron chi connectivity index (χ4n) is 2.11. The van der Waals surface area contributed by atoms with Crippen LogP contribution in [0.1, 0.15) is 27.4 Å². The predicted molar refractivity (Wildman–Crippen MR) is 82.8 cm³/mol. The second-order valence-electron chi connectivity index (χ2n) is 5.23. The van der Waals surface area contributed by atoms with Crippen LogP contribution in [-0.4, -0.2) is 36.2 Å². The number of aromatic nitrogens is 1. The van der Waals surface area contributed by atoms with E-state index in [0.29, 0.717) is 36.8 Å². The molecule has 0 aliphatic carbocycles. The van der Waals surface area contributed by atoms with Gasteiger partial charge in [0.15, 0.2) is 5.76 Å². The molecule has 22 heavy (non-hydrogen) atoms. The molecule has 0 atom stereocenters. The number of benzene rings is 1. The van der Waals surface area contributed by atoms with Crippen molar-refractivity contribution in [2.75, 3.05) is 20.2 Å². The zero-order valence-corrected chi connectivity index (χ0v) is 13.1. The second-order valence-corrected chi connectivity index (χ2v) is 5.23. The lowest BCUT2D eigenvalue weighted by atomic mass is 10.1. The molecule has 0 aliphatic heterocycles. The van der Waals surface area contributed by atoms with Gasteiger partial charge < -0.3 is 19.9 Å². The quantitative estimate of drug-likeness (QED) is 0.881. The number of ether oxygens (including phenoxy) is 1. The van der Waals surface area contributed by atoms with E-state index in [4.69, 9.17) is 15.0 Å². The van der Waals surface area contributed by atoms with Crippen molar-refractivity contribution in [1.29, 1.82) is 0 Å². The van der Waals surface area contributed by atoms with E-state index in [0.717, 1.165) is 11.3 Å². The van der Waals surface area contributed by atoms with Crippen LogP contribution in [0, 0.1) is 13.8 Å². The smallest absolute Gasteiger partial charge is 0.257 e. The molecule has 0 unspecified atom stereocenters. The molecule has 6 nitrogen and oxygen atoms in total. The van der Waals surface area contributed by atoms with Crippen LogP contribution in [0.5, 0.6) is 5.75 Å². The van der Waals surface area contributed by atoms with Crippen LogP contribution < -0.4 is 10.5 Å². The summed E-state index contributed by atoms with van der Waals surface area (Å²) >= 11 is 0. The maximum Gasteiger partial charge on any atom is 0.257 e. The Kier molecular flexibility index (Phi) is 5.16. The standard InChI is InChI=1S/C16H21N3O3/c1-11-4-5-15(21-7-6-17)14(8-11)16(20)19(3)10-13-9-12(2)18-22-13/h4-5,8-9H,6-7,10,17H2,1-3H3. The van der Waals surface area contributed by atoms with E-state index in [1.165, 1.54) is 0 Å². The van der Waals surface area contributed by atoms with E-state index >= 15 is 0 Å². The lowest BCUT2D eigenvalue weighted by Gasteiger charge is -2.18. The minimum absolute atomic E-state index is 0.134. The van der Waals surface area contributed by atoms with Gasteiger partial charge in [-0.15, -0.1) is 0 Å². The lowest BCUT2D eigenvalue weighted by molar-refractivity contribution is 0.0768. The molecule has 0 radical (unpaired) electrons. The third-order valence-corrected chi connectivity index (χ3v) is 3.16. The van der Waals surface area contributed by atoms with Crippen LogP contribution in [0.25, 0.3) is 0 Å². The van der Waals surface area contributed by atoms with Gasteiger partial charge >= 0.3 is 0 Å². The van der Waals surface area contributed by atoms with Crippen LogP contribution in [0.3, 0.4) is 0 Å². The number of aryl methyl sites for hydroxylation is 2. The molecule has 2 rings (SSSR count). The zero-order valence-electron chi connectivity index (χ0n) is 13.1. The fraction of sp³-hybridized carbons (Fsp3) is 0.375. The normalized spacial score (nSPS) is 10.5. The average molecular weight is 303 g/mol. The molecular formula is C16H21N3O3. The Morgan fingerprint density at radius 3 is 2.77 bits per heavy atom. The minimum atomic E-state index is -0.134. The van der Waals surface area contributed by atoms with Gasteiger partial charge in [0.1, 0.15) is 12.4 Å². The minimum Gasteiger partial charge on any atom is -0.491 e. The Hall–Kier alpha value is -2.34. The molecule has 118 valence electrons. The molecule has 1 aromatic carbocycles. The number of nitrogens with two attached hydrogens (primary N) is 1. The van der Waals surface area contributed by atoms with Gasteiger partial charge in [0, 0.05) is 19.7 Å². The van der Waals surface area contributed by atoms with Crippen LogP contribution in [0.15, 0.2) is 28.8 Å². The number of rotatable bonds is 6. The molecule has 0 saturated heterocycles. The molecule has 6 heteroatoms. The first-order chi connectivity index (χ1) is 10.5. The third kappa shape index (κ3) is 3.85. The Morgan fingerprint density at radius 1 is 1.36 bits per heavy atom. The predicted octanol–water partition coefficient (Wildman–Crippen LogP) is 1.90. The number of hydrogen-bond donors (Lipinski definition) is 1. The van der Waals surface area contributed by atoms with Crippen LogP contribution in [-0.2, 0) is 6.54 Å². The summed E-state index contributed by atoms with van der Waals surface area (Å²) in [4.78, 5) is 14.2. The number of carbonyl (C=O) groups excluding carboxylic acids is 1. The Bertz CT molecular complexity index is 652. The van der Waals surface area contributed by atoms with Crippen molar-refractivity contribution in [1.82, 2.24) is 10.1 Å². The summed E-state index contributed by atoms with van der Waals surface area (Å²) in [5.74, 6) is 1.05. The summed E-state index contributed by atoms with van der Waals surface area (Å²) in [6.07, 6.45) is 0. The highest BCUT2D eigenvalue weighted by Gasteiger charge is 2.18. The molecular weight excluding hydrogens is 282 g/mol. The molecule has 0 aliphatic rings. The van der Waals surface area contributed by atoms with Crippen molar-refractivity contribution in [3.05, 3.63) is 46.8 Å². The summed E-state index contributed by atoms with van der Waals surface area (Å²) in [5, 5.41) is 3.82. The molecule has 0 saturated carbocycles. The Morgan fingerprint density at radius 2 is 2.14 bits per heavy atom. The lowest BCUT2D eigenvalue weighted by Crippen LogP contribution is -2.27. The zero-order chi connectivity index (χ0) is 16.1. The van der Waals surface area contributed by atoms with E-state index < -0.39 is 0 Å². The largest absolute Gasteiger partial charge is 0.491 e. The van der Waals surface area contributed by atoms with Gasteiger partial charge in [-0.05, 0) is 26.0 Å². The number of amides is 1. The SMILES string of the molecule is Cc1ccc(OCCN)c(C(=O)N(C)Cc2cc(C)no2)c1. The van der Waals surface area contributed by atoms with Gasteiger partial charge in [-0.1, -0.05) is 16.8 Å². The maximum atomic E-state index is 12.6. The van der Waals surface area contributed by atoms with Crippen molar-refractivity contribution < 1.29 is 14.1 Å². The summed E-state index contributed by atoms with van der Waals surface area (Å²) in [6.45, 7) is 4.89. The molecule has 2 aromatic rings. The van der Waals surface area contributed by atoms with Crippen molar-refractivity contribution in [2.45, 2.75) is 20.4 Å². The number of carbonyl (C=O) groups is 1. The highest BCUT2D eigenvalue weighted by Crippen LogP contribution is 2.22. The number of hydrogen-bond acceptors (Lipinski definition) is 5. The second kappa shape index (κ2) is 7.09. The van der Waals surface area contributed by atoms with Gasteiger partial charge in [-0.2, -0.15) is 0 Å². The molecule has 0 bridgehead atoms. The van der Waals surface area contributed by atoms with E-state index in [1.807, 2.05) is 32.0 Å². The van der Waals surface area contributed by atoms with Gasteiger partial charge in [0.2, 0.25) is 0 Å². The van der Waals surface area contributed by atoms with E-state index in [1.54, 1.807) is 18.0 Å². The summed E-state index contributed by atoms with van der Waals surface area (Å²) in [5.41, 5.74) is 7.76. The van der Waals surface area contributed by atoms with Gasteiger partial charge in [0.25, 0.3) is 5.91 Å². The van der Waals surface area contributed by atoms with Crippen LogP contribution >= 0.6 is 0 Å². The molecule has 0 fully saturated rings. The van der Waals surface area contributed by atoms with Crippen molar-refractivity contribution in [2.24, 2.45) is 5.73 Å². The highest BCUT2D eigenvalue weighted by atomic mass is 16.5. The maximum absolute atomic E-state index is 12.6. The fourth-order valence-corrected chi connectivity index (χ4v) is 2.11. The topological polar surface area (TPSA) is 81.6 Å². The highest BCUT2D eigenvalue weighted by molar-refractivity contribution is 5.97. The first-order valence-corrected chi connectivity index (χ1v) is 7.12. The number of nitrogens with zero attached hydrogens (tertiary/aromatic N) is 2. The van der Waals surface area contributed by atoms with E-state index in [9.17, 15) is 4.79 Å². The van der Waals surface area contributed by atoms with E-state index in [2.05, 4.69) is 5.16 Å². The molecule has 2 N–H and O–H groups in total. The molecule has 1 heterocycles. The van der Waals surface area contributed by atoms with Gasteiger partial charge in [0.05, 0.1) is 17.8 Å². The Labute approximate surface area is 129 Å². The van der Waals surface area contributed by atoms with Crippen LogP contribution in [0.4, 0.5) is 0 Å². The molecule has 0 spiro atoms. The first-order valence-electron chi connectivity index (χ1n) is 7.12. The van der Waals surface area contributed by atoms with Crippen molar-refractivity contribution >= 4 is 5.91 Å². The van der Waals surface area contributed by atoms with Gasteiger partial charge in [-0.3, -0.25) is 4.79 Å². The van der Waals surface area contributed by atoms with Gasteiger partial charge in [-0.25, -0.2) is 0 Å². The van der Waals surface area contributed by atoms with E-state index in [-0.39, 0.29) is 5.91 Å². The summed E-state index contributed by atoms with van der Waals surface area (Å²) in [6, 6.07) is 7.33. The molecule has 1 amide bonds. The van der Waals surface area contributed by atoms with Crippen molar-refractivity contribution in [3.63, 3.8) is 0 Å². The van der Waals surface area contributed by atoms with Crippen LogP contribution in [0.2, 0.25) is 0 Å². The Balaban J connectivity index is 2.18. The summed E-state index contributed by atoms with van der Waals surface area (Å²) < 4.78 is 10.7. The summed E-state index contributed by atoms with van der Waals surface area (Å²) in [7, 11) is 1.72. The van der Waals surface area contributed by atoms with Crippen molar-refractivity contribution in [3.8, 4) is 5.75 Å². The molecule has 1 aromatic heterocycles.